The van der Waals surface area contributed by atoms with Crippen molar-refractivity contribution in [3.8, 4) is 0 Å². The van der Waals surface area contributed by atoms with Crippen molar-refractivity contribution >= 4 is 21.6 Å². The number of anilines is 1. The Morgan fingerprint density at radius 3 is 2.22 bits per heavy atom. The number of amides is 1. The lowest BCUT2D eigenvalue weighted by atomic mass is 9.87. The van der Waals surface area contributed by atoms with Crippen LogP contribution in [0.5, 0.6) is 0 Å². The molecular weight excluding hydrogens is 360 g/mol. The Hall–Kier alpha value is -2.18. The van der Waals surface area contributed by atoms with Crippen LogP contribution in [0.15, 0.2) is 47.4 Å². The summed E-state index contributed by atoms with van der Waals surface area (Å²) < 4.78 is 27.3. The van der Waals surface area contributed by atoms with Crippen LogP contribution in [-0.2, 0) is 20.2 Å². The molecule has 5 nitrogen and oxygen atoms in total. The molecule has 0 saturated carbocycles. The van der Waals surface area contributed by atoms with Crippen LogP contribution >= 0.6 is 0 Å². The minimum Gasteiger partial charge on any atom is -0.326 e. The maximum Gasteiger partial charge on any atom is 0.240 e. The molecule has 0 fully saturated rings. The average molecular weight is 389 g/mol. The smallest absolute Gasteiger partial charge is 0.240 e. The molecule has 27 heavy (non-hydrogen) atoms. The van der Waals surface area contributed by atoms with E-state index in [-0.39, 0.29) is 29.2 Å². The van der Waals surface area contributed by atoms with Crippen LogP contribution in [-0.4, -0.2) is 20.9 Å². The van der Waals surface area contributed by atoms with E-state index < -0.39 is 10.0 Å². The van der Waals surface area contributed by atoms with Crippen LogP contribution in [0.4, 0.5) is 5.69 Å². The molecule has 0 saturated heterocycles. The number of benzene rings is 2. The Bertz CT molecular complexity index is 911. The summed E-state index contributed by atoms with van der Waals surface area (Å²) in [6.45, 7) is 10.2. The second kappa shape index (κ2) is 8.23. The number of hydrogen-bond donors (Lipinski definition) is 2. The third kappa shape index (κ3) is 5.65. The highest BCUT2D eigenvalue weighted by atomic mass is 32.2. The van der Waals surface area contributed by atoms with Gasteiger partial charge in [-0.05, 0) is 54.2 Å². The summed E-state index contributed by atoms with van der Waals surface area (Å²) in [5, 5.41) is 2.83. The van der Waals surface area contributed by atoms with E-state index in [1.807, 2.05) is 44.2 Å². The van der Waals surface area contributed by atoms with Gasteiger partial charge in [-0.15, -0.1) is 0 Å². The van der Waals surface area contributed by atoms with Gasteiger partial charge in [0, 0.05) is 18.7 Å². The number of carbonyl (C=O) groups is 1. The Labute approximate surface area is 162 Å². The third-order valence-corrected chi connectivity index (χ3v) is 6.03. The molecule has 0 aliphatic carbocycles. The van der Waals surface area contributed by atoms with Crippen molar-refractivity contribution in [2.75, 3.05) is 11.9 Å². The molecule has 0 aliphatic rings. The lowest BCUT2D eigenvalue weighted by Crippen LogP contribution is -2.28. The van der Waals surface area contributed by atoms with Gasteiger partial charge in [-0.3, -0.25) is 4.79 Å². The van der Waals surface area contributed by atoms with Crippen molar-refractivity contribution in [3.63, 3.8) is 0 Å². The molecule has 2 rings (SSSR count). The summed E-state index contributed by atoms with van der Waals surface area (Å²) in [4.78, 5) is 12.3. The first-order valence-corrected chi connectivity index (χ1v) is 10.5. The van der Waals surface area contributed by atoms with Crippen molar-refractivity contribution in [2.24, 2.45) is 0 Å². The van der Waals surface area contributed by atoms with Crippen molar-refractivity contribution in [1.82, 2.24) is 4.72 Å². The van der Waals surface area contributed by atoms with Gasteiger partial charge >= 0.3 is 0 Å². The van der Waals surface area contributed by atoms with Crippen molar-refractivity contribution in [3.05, 3.63) is 59.2 Å². The molecule has 0 aliphatic heterocycles. The zero-order valence-electron chi connectivity index (χ0n) is 16.6. The Balaban J connectivity index is 1.93. The van der Waals surface area contributed by atoms with Crippen molar-refractivity contribution < 1.29 is 13.2 Å². The molecule has 0 heterocycles. The Kier molecular flexibility index (Phi) is 6.44. The van der Waals surface area contributed by atoms with E-state index in [0.717, 1.165) is 22.4 Å². The number of sulfonamides is 1. The van der Waals surface area contributed by atoms with Crippen LogP contribution in [0.1, 0.15) is 43.9 Å². The van der Waals surface area contributed by atoms with Gasteiger partial charge in [0.05, 0.1) is 4.90 Å². The van der Waals surface area contributed by atoms with E-state index in [4.69, 9.17) is 0 Å². The van der Waals surface area contributed by atoms with Crippen molar-refractivity contribution in [2.45, 2.75) is 51.3 Å². The second-order valence-electron chi connectivity index (χ2n) is 7.72. The first-order chi connectivity index (χ1) is 12.5. The monoisotopic (exact) mass is 388 g/mol. The predicted molar refractivity (Wildman–Crippen MR) is 109 cm³/mol. The van der Waals surface area contributed by atoms with Crippen LogP contribution in [0.3, 0.4) is 0 Å². The molecule has 0 unspecified atom stereocenters. The summed E-state index contributed by atoms with van der Waals surface area (Å²) in [6.07, 6.45) is 0.0622. The maximum atomic E-state index is 12.4. The lowest BCUT2D eigenvalue weighted by molar-refractivity contribution is -0.116. The van der Waals surface area contributed by atoms with Crippen LogP contribution < -0.4 is 10.0 Å². The normalized spacial score (nSPS) is 12.0. The van der Waals surface area contributed by atoms with Gasteiger partial charge in [0.25, 0.3) is 0 Å². The van der Waals surface area contributed by atoms with Gasteiger partial charge in [-0.1, -0.05) is 45.0 Å². The zero-order chi connectivity index (χ0) is 20.2. The van der Waals surface area contributed by atoms with E-state index in [1.54, 1.807) is 12.1 Å². The highest BCUT2D eigenvalue weighted by Gasteiger charge is 2.17. The summed E-state index contributed by atoms with van der Waals surface area (Å²) >= 11 is 0. The first-order valence-electron chi connectivity index (χ1n) is 8.97. The summed E-state index contributed by atoms with van der Waals surface area (Å²) in [6, 6.07) is 12.5. The van der Waals surface area contributed by atoms with E-state index in [1.165, 1.54) is 0 Å². The minimum absolute atomic E-state index is 0.0399. The SMILES string of the molecule is Cc1cccc(NC(=O)CCNS(=O)(=O)c2ccc(C(C)(C)C)cc2)c1C. The minimum atomic E-state index is -3.64. The molecule has 2 aromatic carbocycles. The molecule has 6 heteroatoms. The van der Waals surface area contributed by atoms with Gasteiger partial charge in [-0.2, -0.15) is 0 Å². The summed E-state index contributed by atoms with van der Waals surface area (Å²) in [5.41, 5.74) is 3.87. The standard InChI is InChI=1S/C21H28N2O3S/c1-15-7-6-8-19(16(15)2)23-20(24)13-14-22-27(25,26)18-11-9-17(10-12-18)21(3,4)5/h6-12,22H,13-14H2,1-5H3,(H,23,24). The maximum absolute atomic E-state index is 12.4. The number of hydrogen-bond acceptors (Lipinski definition) is 3. The van der Waals surface area contributed by atoms with Gasteiger partial charge < -0.3 is 5.32 Å². The van der Waals surface area contributed by atoms with E-state index in [2.05, 4.69) is 30.8 Å². The van der Waals surface area contributed by atoms with Crippen LogP contribution in [0, 0.1) is 13.8 Å². The molecule has 2 aromatic rings. The van der Waals surface area contributed by atoms with Gasteiger partial charge in [0.2, 0.25) is 15.9 Å². The van der Waals surface area contributed by atoms with Gasteiger partial charge in [-0.25, -0.2) is 13.1 Å². The lowest BCUT2D eigenvalue weighted by Gasteiger charge is -2.19. The van der Waals surface area contributed by atoms with Crippen LogP contribution in [0.2, 0.25) is 0 Å². The number of nitrogens with one attached hydrogen (secondary N) is 2. The number of rotatable bonds is 6. The molecule has 146 valence electrons. The Morgan fingerprint density at radius 2 is 1.63 bits per heavy atom. The van der Waals surface area contributed by atoms with E-state index in [9.17, 15) is 13.2 Å². The quantitative estimate of drug-likeness (QED) is 0.788. The molecular formula is C21H28N2O3S. The van der Waals surface area contributed by atoms with E-state index >= 15 is 0 Å². The van der Waals surface area contributed by atoms with Gasteiger partial charge in [0.15, 0.2) is 0 Å². The number of carbonyl (C=O) groups excluding carboxylic acids is 1. The van der Waals surface area contributed by atoms with Crippen LogP contribution in [0.25, 0.3) is 0 Å². The second-order valence-corrected chi connectivity index (χ2v) is 9.48. The summed E-state index contributed by atoms with van der Waals surface area (Å²) in [7, 11) is -3.64. The fourth-order valence-corrected chi connectivity index (χ4v) is 3.65. The largest absolute Gasteiger partial charge is 0.326 e. The fraction of sp³-hybridized carbons (Fsp3) is 0.381. The molecule has 0 radical (unpaired) electrons. The first kappa shape index (κ1) is 21.1. The van der Waals surface area contributed by atoms with Gasteiger partial charge in [0.1, 0.15) is 0 Å². The highest BCUT2D eigenvalue weighted by Crippen LogP contribution is 2.23. The molecule has 0 spiro atoms. The molecule has 1 amide bonds. The average Bonchev–Trinajstić information content (AvgIpc) is 2.58. The number of aryl methyl sites for hydroxylation is 1. The zero-order valence-corrected chi connectivity index (χ0v) is 17.4. The topological polar surface area (TPSA) is 75.3 Å². The molecule has 0 atom stereocenters. The highest BCUT2D eigenvalue weighted by molar-refractivity contribution is 7.89. The molecule has 2 N–H and O–H groups in total. The molecule has 0 aromatic heterocycles. The Morgan fingerprint density at radius 1 is 1.00 bits per heavy atom. The van der Waals surface area contributed by atoms with E-state index in [0.29, 0.717) is 0 Å². The summed E-state index contributed by atoms with van der Waals surface area (Å²) in [5.74, 6) is -0.227. The fourth-order valence-electron chi connectivity index (χ4n) is 2.62. The molecule has 0 bridgehead atoms. The third-order valence-electron chi connectivity index (χ3n) is 4.55. The van der Waals surface area contributed by atoms with Crippen molar-refractivity contribution in [1.29, 1.82) is 0 Å². The predicted octanol–water partition coefficient (Wildman–Crippen LogP) is 3.91.